The molecule has 0 radical (unpaired) electrons. The Hall–Kier alpha value is -3.94. The average Bonchev–Trinajstić information content (AvgIpc) is 2.96. The van der Waals surface area contributed by atoms with Gasteiger partial charge in [0.25, 0.3) is 5.56 Å². The fraction of sp³-hybridized carbons (Fsp3) is 0.370. The van der Waals surface area contributed by atoms with Gasteiger partial charge < -0.3 is 20.1 Å². The van der Waals surface area contributed by atoms with Gasteiger partial charge in [-0.25, -0.2) is 13.2 Å². The molecule has 40 heavy (non-hydrogen) atoms. The van der Waals surface area contributed by atoms with E-state index in [1.807, 2.05) is 30.3 Å². The number of carbonyl (C=O) groups is 1. The third-order valence-corrected chi connectivity index (χ3v) is 9.13. The molecular weight excluding hydrogens is 538 g/mol. The molecule has 1 aromatic heterocycles. The molecular formula is C27H32N5O7S+. The van der Waals surface area contributed by atoms with Crippen LogP contribution < -0.4 is 31.4 Å². The van der Waals surface area contributed by atoms with Crippen molar-refractivity contribution in [1.82, 2.24) is 13.4 Å². The fourth-order valence-corrected chi connectivity index (χ4v) is 6.50. The molecule has 3 heterocycles. The van der Waals surface area contributed by atoms with Crippen LogP contribution in [0.1, 0.15) is 22.8 Å². The quantitative estimate of drug-likeness (QED) is 0.335. The molecule has 2 aliphatic rings. The lowest BCUT2D eigenvalue weighted by Crippen LogP contribution is -3.15. The molecule has 0 bridgehead atoms. The number of sulfonamides is 1. The Labute approximate surface area is 231 Å². The summed E-state index contributed by atoms with van der Waals surface area (Å²) in [6.07, 6.45) is 0. The van der Waals surface area contributed by atoms with Crippen LogP contribution in [-0.2, 0) is 23.1 Å². The minimum atomic E-state index is -3.77. The summed E-state index contributed by atoms with van der Waals surface area (Å²) in [5.41, 5.74) is 5.58. The first-order chi connectivity index (χ1) is 19.2. The number of quaternary nitrogens is 1. The molecule has 212 valence electrons. The highest BCUT2D eigenvalue weighted by molar-refractivity contribution is 7.89. The predicted molar refractivity (Wildman–Crippen MR) is 147 cm³/mol. The summed E-state index contributed by atoms with van der Waals surface area (Å²) >= 11 is 0. The van der Waals surface area contributed by atoms with Crippen LogP contribution in [0.15, 0.2) is 63.0 Å². The molecule has 2 aromatic carbocycles. The van der Waals surface area contributed by atoms with Gasteiger partial charge in [-0.1, -0.05) is 30.3 Å². The second-order valence-electron chi connectivity index (χ2n) is 9.72. The highest BCUT2D eigenvalue weighted by atomic mass is 32.2. The zero-order valence-corrected chi connectivity index (χ0v) is 23.0. The summed E-state index contributed by atoms with van der Waals surface area (Å²) in [6, 6.07) is 13.7. The molecule has 0 spiro atoms. The van der Waals surface area contributed by atoms with Crippen LogP contribution in [0.4, 0.5) is 5.82 Å². The molecule has 13 heteroatoms. The Morgan fingerprint density at radius 3 is 2.33 bits per heavy atom. The molecule has 0 saturated carbocycles. The number of nitrogens with one attached hydrogen (secondary N) is 1. The van der Waals surface area contributed by atoms with Gasteiger partial charge in [-0.15, -0.1) is 0 Å². The number of nitrogens with zero attached hydrogens (tertiary/aromatic N) is 3. The van der Waals surface area contributed by atoms with Crippen molar-refractivity contribution in [3.63, 3.8) is 0 Å². The first-order valence-electron chi connectivity index (χ1n) is 13.1. The molecule has 0 amide bonds. The van der Waals surface area contributed by atoms with Gasteiger partial charge >= 0.3 is 5.69 Å². The number of fused-ring (bicyclic) bond motifs is 1. The summed E-state index contributed by atoms with van der Waals surface area (Å²) in [7, 11) is -3.77. The Kier molecular flexibility index (Phi) is 7.79. The Morgan fingerprint density at radius 1 is 0.975 bits per heavy atom. The maximum Gasteiger partial charge on any atom is 0.332 e. The number of ether oxygens (including phenoxy) is 2. The number of carbonyl (C=O) groups excluding carboxylic acids is 1. The molecule has 0 unspecified atom stereocenters. The average molecular weight is 571 g/mol. The van der Waals surface area contributed by atoms with Crippen LogP contribution >= 0.6 is 0 Å². The highest BCUT2D eigenvalue weighted by Gasteiger charge is 2.33. The van der Waals surface area contributed by atoms with Crippen molar-refractivity contribution in [1.29, 1.82) is 0 Å². The second-order valence-corrected chi connectivity index (χ2v) is 11.7. The van der Waals surface area contributed by atoms with Crippen LogP contribution in [0.25, 0.3) is 0 Å². The number of aromatic nitrogens is 2. The van der Waals surface area contributed by atoms with E-state index >= 15 is 0 Å². The monoisotopic (exact) mass is 570 g/mol. The summed E-state index contributed by atoms with van der Waals surface area (Å²) in [4.78, 5) is 40.4. The number of piperazine rings is 1. The zero-order valence-electron chi connectivity index (χ0n) is 22.2. The number of nitrogens with two attached hydrogens (primary N) is 1. The normalized spacial score (nSPS) is 16.1. The second kappa shape index (κ2) is 11.3. The topological polar surface area (TPSA) is 147 Å². The van der Waals surface area contributed by atoms with Gasteiger partial charge in [0.2, 0.25) is 15.8 Å². The Bertz CT molecular complexity index is 1640. The van der Waals surface area contributed by atoms with Gasteiger partial charge in [0.05, 0.1) is 37.6 Å². The number of ketones is 1. The minimum absolute atomic E-state index is 0.0510. The number of hydrogen-bond acceptors (Lipinski definition) is 8. The molecule has 3 N–H and O–H groups in total. The van der Waals surface area contributed by atoms with Crippen molar-refractivity contribution in [2.75, 3.05) is 51.7 Å². The van der Waals surface area contributed by atoms with E-state index in [2.05, 4.69) is 0 Å². The van der Waals surface area contributed by atoms with Crippen molar-refractivity contribution in [2.45, 2.75) is 24.9 Å². The molecule has 1 fully saturated rings. The van der Waals surface area contributed by atoms with Crippen LogP contribution in [0.3, 0.4) is 0 Å². The molecule has 3 aromatic rings. The van der Waals surface area contributed by atoms with E-state index in [9.17, 15) is 22.8 Å². The van der Waals surface area contributed by atoms with Gasteiger partial charge in [0, 0.05) is 12.6 Å². The maximum atomic E-state index is 13.4. The molecule has 0 aliphatic carbocycles. The van der Waals surface area contributed by atoms with E-state index in [0.29, 0.717) is 37.8 Å². The lowest BCUT2D eigenvalue weighted by atomic mass is 10.1. The number of hydrogen-bond donors (Lipinski definition) is 2. The van der Waals surface area contributed by atoms with E-state index < -0.39 is 27.1 Å². The van der Waals surface area contributed by atoms with Crippen LogP contribution in [-0.4, -0.2) is 73.6 Å². The van der Waals surface area contributed by atoms with Gasteiger partial charge in [-0.2, -0.15) is 4.31 Å². The lowest BCUT2D eigenvalue weighted by molar-refractivity contribution is -0.895. The zero-order chi connectivity index (χ0) is 28.4. The number of rotatable bonds is 8. The van der Waals surface area contributed by atoms with Gasteiger partial charge in [-0.3, -0.25) is 18.7 Å². The molecule has 2 aliphatic heterocycles. The lowest BCUT2D eigenvalue weighted by Gasteiger charge is -2.31. The molecule has 12 nitrogen and oxygen atoms in total. The number of benzene rings is 2. The van der Waals surface area contributed by atoms with E-state index in [1.165, 1.54) is 21.0 Å². The van der Waals surface area contributed by atoms with Crippen molar-refractivity contribution < 1.29 is 27.6 Å². The van der Waals surface area contributed by atoms with Crippen LogP contribution in [0.5, 0.6) is 11.5 Å². The van der Waals surface area contributed by atoms with Crippen LogP contribution in [0, 0.1) is 0 Å². The van der Waals surface area contributed by atoms with Crippen molar-refractivity contribution in [2.24, 2.45) is 0 Å². The molecule has 5 rings (SSSR count). The van der Waals surface area contributed by atoms with E-state index in [-0.39, 0.29) is 49.0 Å². The van der Waals surface area contributed by atoms with E-state index in [4.69, 9.17) is 15.2 Å². The summed E-state index contributed by atoms with van der Waals surface area (Å²) in [5, 5.41) is 0. The third kappa shape index (κ3) is 5.27. The SMILES string of the molecule is CCn1c(=O)c(C(=O)C[NH+]2CCN(S(=O)(=O)c3ccc4c(c3)OCCO4)CC2)c(N)n(Cc2ccccc2)c1=O. The molecule has 1 saturated heterocycles. The maximum absolute atomic E-state index is 13.4. The van der Waals surface area contributed by atoms with Gasteiger partial charge in [0.15, 0.2) is 11.5 Å². The molecule has 0 atom stereocenters. The van der Waals surface area contributed by atoms with Crippen molar-refractivity contribution >= 4 is 21.6 Å². The Balaban J connectivity index is 1.31. The van der Waals surface area contributed by atoms with Gasteiger partial charge in [-0.05, 0) is 24.6 Å². The summed E-state index contributed by atoms with van der Waals surface area (Å²) < 4.78 is 41.2. The smallest absolute Gasteiger partial charge is 0.332 e. The first kappa shape index (κ1) is 27.6. The standard InChI is InChI=1S/C27H31N5O7S/c1-2-31-26(34)24(25(28)32(27(31)35)17-19-6-4-3-5-7-19)21(33)18-29-10-12-30(13-11-29)40(36,37)20-8-9-22-23(16-20)39-15-14-38-22/h3-9,16H,2,10-15,17-18,28H2,1H3/p+1. The van der Waals surface area contributed by atoms with Gasteiger partial charge in [0.1, 0.15) is 31.1 Å². The van der Waals surface area contributed by atoms with E-state index in [1.54, 1.807) is 13.0 Å². The van der Waals surface area contributed by atoms with E-state index in [0.717, 1.165) is 15.0 Å². The largest absolute Gasteiger partial charge is 0.486 e. The first-order valence-corrected chi connectivity index (χ1v) is 14.6. The Morgan fingerprint density at radius 2 is 1.65 bits per heavy atom. The highest BCUT2D eigenvalue weighted by Crippen LogP contribution is 2.33. The predicted octanol–water partition coefficient (Wildman–Crippen LogP) is -0.796. The number of nitrogen functional groups attached to an aromatic ring is 1. The summed E-state index contributed by atoms with van der Waals surface area (Å²) in [6.45, 7) is 3.70. The number of Topliss-reactive ketones (excluding diaryl/α,β-unsaturated/α-hetero) is 1. The van der Waals surface area contributed by atoms with Crippen molar-refractivity contribution in [3.8, 4) is 11.5 Å². The number of anilines is 1. The fourth-order valence-electron chi connectivity index (χ4n) is 5.04. The third-order valence-electron chi connectivity index (χ3n) is 7.24. The summed E-state index contributed by atoms with van der Waals surface area (Å²) in [5.74, 6) is 0.262. The van der Waals surface area contributed by atoms with Crippen molar-refractivity contribution in [3.05, 3.63) is 80.5 Å². The van der Waals surface area contributed by atoms with Crippen LogP contribution in [0.2, 0.25) is 0 Å². The minimum Gasteiger partial charge on any atom is -0.486 e.